The third kappa shape index (κ3) is 4.05. The quantitative estimate of drug-likeness (QED) is 0.843. The number of carboxylic acids is 1. The normalized spacial score (nSPS) is 12.1. The summed E-state index contributed by atoms with van der Waals surface area (Å²) in [5, 5.41) is 13.0. The maximum atomic E-state index is 11.2. The van der Waals surface area contributed by atoms with Crippen LogP contribution < -0.4 is 4.74 Å². The summed E-state index contributed by atoms with van der Waals surface area (Å²) in [7, 11) is 0. The molecule has 0 bridgehead atoms. The molecule has 112 valence electrons. The number of aryl methyl sites for hydroxylation is 1. The van der Waals surface area contributed by atoms with E-state index in [-0.39, 0.29) is 0 Å². The standard InChI is InChI=1S/C15H18N2O4/c1-3-4-8-13(15(18)19)20-12-7-5-6-11(9-12)14-16-10(2)21-17-14/h5-7,9,13H,3-4,8H2,1-2H3,(H,18,19). The lowest BCUT2D eigenvalue weighted by Gasteiger charge is -2.15. The van der Waals surface area contributed by atoms with Gasteiger partial charge in [0, 0.05) is 12.5 Å². The van der Waals surface area contributed by atoms with Gasteiger partial charge in [0.1, 0.15) is 5.75 Å². The predicted octanol–water partition coefficient (Wildman–Crippen LogP) is 3.07. The smallest absolute Gasteiger partial charge is 0.344 e. The van der Waals surface area contributed by atoms with E-state index in [1.807, 2.05) is 13.0 Å². The second kappa shape index (κ2) is 6.88. The highest BCUT2D eigenvalue weighted by molar-refractivity contribution is 5.72. The average Bonchev–Trinajstić information content (AvgIpc) is 2.90. The Bertz CT molecular complexity index is 609. The number of carbonyl (C=O) groups is 1. The molecule has 1 aromatic heterocycles. The molecule has 6 nitrogen and oxygen atoms in total. The SMILES string of the molecule is CCCCC(Oc1cccc(-c2noc(C)n2)c1)C(=O)O. The molecule has 6 heteroatoms. The first-order valence-electron chi connectivity index (χ1n) is 6.90. The number of carboxylic acid groups (broad SMARTS) is 1. The second-order valence-electron chi connectivity index (χ2n) is 4.75. The van der Waals surface area contributed by atoms with E-state index in [1.54, 1.807) is 25.1 Å². The zero-order valence-corrected chi connectivity index (χ0v) is 12.1. The number of nitrogens with zero attached hydrogens (tertiary/aromatic N) is 2. The van der Waals surface area contributed by atoms with Crippen molar-refractivity contribution < 1.29 is 19.2 Å². The van der Waals surface area contributed by atoms with Gasteiger partial charge < -0.3 is 14.4 Å². The number of hydrogen-bond acceptors (Lipinski definition) is 5. The summed E-state index contributed by atoms with van der Waals surface area (Å²) in [5.41, 5.74) is 0.726. The third-order valence-corrected chi connectivity index (χ3v) is 2.99. The fraction of sp³-hybridized carbons (Fsp3) is 0.400. The molecule has 0 aliphatic rings. The van der Waals surface area contributed by atoms with Gasteiger partial charge in [-0.1, -0.05) is 30.6 Å². The summed E-state index contributed by atoms with van der Waals surface area (Å²) >= 11 is 0. The zero-order chi connectivity index (χ0) is 15.2. The van der Waals surface area contributed by atoms with Crippen LogP contribution in [0.5, 0.6) is 5.75 Å². The van der Waals surface area contributed by atoms with Gasteiger partial charge in [-0.25, -0.2) is 4.79 Å². The van der Waals surface area contributed by atoms with Gasteiger partial charge >= 0.3 is 5.97 Å². The van der Waals surface area contributed by atoms with Crippen LogP contribution in [-0.4, -0.2) is 27.3 Å². The fourth-order valence-electron chi connectivity index (χ4n) is 1.91. The second-order valence-corrected chi connectivity index (χ2v) is 4.75. The first-order chi connectivity index (χ1) is 10.1. The number of aromatic nitrogens is 2. The number of aliphatic carboxylic acids is 1. The van der Waals surface area contributed by atoms with Crippen molar-refractivity contribution in [2.75, 3.05) is 0 Å². The van der Waals surface area contributed by atoms with Crippen molar-refractivity contribution in [3.8, 4) is 17.1 Å². The van der Waals surface area contributed by atoms with Crippen molar-refractivity contribution in [3.05, 3.63) is 30.2 Å². The monoisotopic (exact) mass is 290 g/mol. The maximum Gasteiger partial charge on any atom is 0.344 e. The molecule has 2 aromatic rings. The molecule has 0 saturated carbocycles. The van der Waals surface area contributed by atoms with Crippen molar-refractivity contribution in [2.45, 2.75) is 39.2 Å². The fourth-order valence-corrected chi connectivity index (χ4v) is 1.91. The molecule has 1 unspecified atom stereocenters. The number of ether oxygens (including phenoxy) is 1. The Morgan fingerprint density at radius 2 is 2.29 bits per heavy atom. The average molecular weight is 290 g/mol. The number of hydrogen-bond donors (Lipinski definition) is 1. The molecule has 1 atom stereocenters. The lowest BCUT2D eigenvalue weighted by atomic mass is 10.1. The minimum atomic E-state index is -0.954. The lowest BCUT2D eigenvalue weighted by Crippen LogP contribution is -2.26. The highest BCUT2D eigenvalue weighted by Gasteiger charge is 2.19. The molecule has 0 saturated heterocycles. The molecule has 1 heterocycles. The Hall–Kier alpha value is -2.37. The summed E-state index contributed by atoms with van der Waals surface area (Å²) in [6.07, 6.45) is 1.38. The van der Waals surface area contributed by atoms with E-state index in [9.17, 15) is 9.90 Å². The van der Waals surface area contributed by atoms with Crippen molar-refractivity contribution in [1.29, 1.82) is 0 Å². The molecular formula is C15H18N2O4. The van der Waals surface area contributed by atoms with Gasteiger partial charge in [0.15, 0.2) is 6.10 Å². The van der Waals surface area contributed by atoms with E-state index < -0.39 is 12.1 Å². The minimum Gasteiger partial charge on any atom is -0.479 e. The first kappa shape index (κ1) is 15.0. The van der Waals surface area contributed by atoms with Gasteiger partial charge in [-0.05, 0) is 25.0 Å². The molecule has 0 aliphatic carbocycles. The van der Waals surface area contributed by atoms with Gasteiger partial charge in [0.2, 0.25) is 11.7 Å². The molecule has 0 fully saturated rings. The van der Waals surface area contributed by atoms with Gasteiger partial charge in [-0.2, -0.15) is 4.98 Å². The molecular weight excluding hydrogens is 272 g/mol. The molecule has 0 amide bonds. The summed E-state index contributed by atoms with van der Waals surface area (Å²) < 4.78 is 10.5. The van der Waals surface area contributed by atoms with Crippen molar-refractivity contribution in [1.82, 2.24) is 10.1 Å². The van der Waals surface area contributed by atoms with Crippen molar-refractivity contribution >= 4 is 5.97 Å². The highest BCUT2D eigenvalue weighted by Crippen LogP contribution is 2.23. The Morgan fingerprint density at radius 3 is 2.90 bits per heavy atom. The first-order valence-corrected chi connectivity index (χ1v) is 6.90. The van der Waals surface area contributed by atoms with Crippen LogP contribution in [-0.2, 0) is 4.79 Å². The topological polar surface area (TPSA) is 85.5 Å². The Balaban J connectivity index is 2.14. The van der Waals surface area contributed by atoms with Crippen LogP contribution in [0.3, 0.4) is 0 Å². The van der Waals surface area contributed by atoms with Crippen LogP contribution in [0, 0.1) is 6.92 Å². The summed E-state index contributed by atoms with van der Waals surface area (Å²) in [6.45, 7) is 3.72. The van der Waals surface area contributed by atoms with E-state index in [0.29, 0.717) is 23.9 Å². The molecule has 1 N–H and O–H groups in total. The summed E-state index contributed by atoms with van der Waals surface area (Å²) in [6, 6.07) is 7.03. The van der Waals surface area contributed by atoms with E-state index in [2.05, 4.69) is 10.1 Å². The molecule has 0 radical (unpaired) electrons. The van der Waals surface area contributed by atoms with Crippen molar-refractivity contribution in [2.24, 2.45) is 0 Å². The maximum absolute atomic E-state index is 11.2. The van der Waals surface area contributed by atoms with Crippen LogP contribution in [0.25, 0.3) is 11.4 Å². The number of rotatable bonds is 7. The van der Waals surface area contributed by atoms with Crippen LogP contribution in [0.2, 0.25) is 0 Å². The Kier molecular flexibility index (Phi) is 4.92. The van der Waals surface area contributed by atoms with Gasteiger partial charge in [0.25, 0.3) is 0 Å². The van der Waals surface area contributed by atoms with Gasteiger partial charge in [-0.15, -0.1) is 0 Å². The lowest BCUT2D eigenvalue weighted by molar-refractivity contribution is -0.145. The van der Waals surface area contributed by atoms with Crippen molar-refractivity contribution in [3.63, 3.8) is 0 Å². The zero-order valence-electron chi connectivity index (χ0n) is 12.1. The molecule has 21 heavy (non-hydrogen) atoms. The Morgan fingerprint density at radius 1 is 1.48 bits per heavy atom. The van der Waals surface area contributed by atoms with Crippen LogP contribution in [0.15, 0.2) is 28.8 Å². The minimum absolute atomic E-state index is 0.457. The molecule has 0 aliphatic heterocycles. The van der Waals surface area contributed by atoms with E-state index >= 15 is 0 Å². The van der Waals surface area contributed by atoms with E-state index in [1.165, 1.54) is 0 Å². The van der Waals surface area contributed by atoms with Gasteiger partial charge in [0.05, 0.1) is 0 Å². The summed E-state index contributed by atoms with van der Waals surface area (Å²) in [5.74, 6) is 0.462. The van der Waals surface area contributed by atoms with E-state index in [0.717, 1.165) is 18.4 Å². The van der Waals surface area contributed by atoms with Crippen LogP contribution in [0.1, 0.15) is 32.1 Å². The third-order valence-electron chi connectivity index (χ3n) is 2.99. The van der Waals surface area contributed by atoms with Crippen LogP contribution >= 0.6 is 0 Å². The number of benzene rings is 1. The largest absolute Gasteiger partial charge is 0.479 e. The van der Waals surface area contributed by atoms with Crippen LogP contribution in [0.4, 0.5) is 0 Å². The number of unbranched alkanes of at least 4 members (excludes halogenated alkanes) is 1. The van der Waals surface area contributed by atoms with Gasteiger partial charge in [-0.3, -0.25) is 0 Å². The predicted molar refractivity (Wildman–Crippen MR) is 76.0 cm³/mol. The highest BCUT2D eigenvalue weighted by atomic mass is 16.5. The Labute approximate surface area is 122 Å². The van der Waals surface area contributed by atoms with E-state index in [4.69, 9.17) is 9.26 Å². The summed E-state index contributed by atoms with van der Waals surface area (Å²) in [4.78, 5) is 15.3. The molecule has 1 aromatic carbocycles. The molecule has 2 rings (SSSR count). The molecule has 0 spiro atoms.